The van der Waals surface area contributed by atoms with Gasteiger partial charge in [-0.05, 0) is 24.1 Å². The summed E-state index contributed by atoms with van der Waals surface area (Å²) in [6.45, 7) is 5.37. The van der Waals surface area contributed by atoms with E-state index in [0.717, 1.165) is 12.2 Å². The fourth-order valence-corrected chi connectivity index (χ4v) is 1.12. The Balaban J connectivity index is 2.55. The Bertz CT molecular complexity index is 297. The number of benzene rings is 1. The SMILES string of the molecule is CCC(C)CNc1ccc(N)c(N)c1. The van der Waals surface area contributed by atoms with Crippen molar-refractivity contribution in [3.05, 3.63) is 18.2 Å². The molecule has 1 aromatic rings. The maximum absolute atomic E-state index is 5.69. The molecule has 0 saturated carbocycles. The van der Waals surface area contributed by atoms with Gasteiger partial charge in [0, 0.05) is 12.2 Å². The molecule has 1 unspecified atom stereocenters. The zero-order chi connectivity index (χ0) is 10.6. The smallest absolute Gasteiger partial charge is 0.0568 e. The Labute approximate surface area is 85.5 Å². The van der Waals surface area contributed by atoms with Crippen LogP contribution in [0.25, 0.3) is 0 Å². The Morgan fingerprint density at radius 1 is 1.29 bits per heavy atom. The average molecular weight is 193 g/mol. The van der Waals surface area contributed by atoms with Crippen molar-refractivity contribution in [1.29, 1.82) is 0 Å². The number of rotatable bonds is 4. The van der Waals surface area contributed by atoms with Crippen LogP contribution in [0.3, 0.4) is 0 Å². The first-order chi connectivity index (χ1) is 6.63. The average Bonchev–Trinajstić information content (AvgIpc) is 2.19. The number of hydrogen-bond acceptors (Lipinski definition) is 3. The molecule has 14 heavy (non-hydrogen) atoms. The van der Waals surface area contributed by atoms with Crippen LogP contribution in [-0.4, -0.2) is 6.54 Å². The standard InChI is InChI=1S/C11H19N3/c1-3-8(2)7-14-9-4-5-10(12)11(13)6-9/h4-6,8,14H,3,7,12-13H2,1-2H3. The van der Waals surface area contributed by atoms with Crippen molar-refractivity contribution < 1.29 is 0 Å². The molecule has 0 aliphatic rings. The van der Waals surface area contributed by atoms with Crippen LogP contribution >= 0.6 is 0 Å². The molecule has 3 heteroatoms. The van der Waals surface area contributed by atoms with E-state index in [4.69, 9.17) is 11.5 Å². The second-order valence-corrected chi connectivity index (χ2v) is 3.74. The highest BCUT2D eigenvalue weighted by Crippen LogP contribution is 2.19. The molecule has 5 N–H and O–H groups in total. The highest BCUT2D eigenvalue weighted by Gasteiger charge is 2.00. The number of nitrogens with one attached hydrogen (secondary N) is 1. The van der Waals surface area contributed by atoms with Crippen LogP contribution in [0.2, 0.25) is 0 Å². The van der Waals surface area contributed by atoms with Gasteiger partial charge in [-0.2, -0.15) is 0 Å². The maximum Gasteiger partial charge on any atom is 0.0568 e. The Kier molecular flexibility index (Phi) is 3.63. The van der Waals surface area contributed by atoms with E-state index >= 15 is 0 Å². The summed E-state index contributed by atoms with van der Waals surface area (Å²) in [5.41, 5.74) is 13.6. The lowest BCUT2D eigenvalue weighted by Crippen LogP contribution is -2.10. The molecule has 0 aliphatic heterocycles. The van der Waals surface area contributed by atoms with Gasteiger partial charge in [-0.3, -0.25) is 0 Å². The van der Waals surface area contributed by atoms with Crippen molar-refractivity contribution in [3.8, 4) is 0 Å². The van der Waals surface area contributed by atoms with Crippen LogP contribution in [0.15, 0.2) is 18.2 Å². The summed E-state index contributed by atoms with van der Waals surface area (Å²) in [7, 11) is 0. The molecule has 0 spiro atoms. The molecule has 0 fully saturated rings. The minimum Gasteiger partial charge on any atom is -0.397 e. The van der Waals surface area contributed by atoms with Crippen molar-refractivity contribution in [1.82, 2.24) is 0 Å². The minimum atomic E-state index is 0.638. The molecule has 1 aromatic carbocycles. The maximum atomic E-state index is 5.69. The third kappa shape index (κ3) is 2.83. The number of nitrogens with two attached hydrogens (primary N) is 2. The quantitative estimate of drug-likeness (QED) is 0.643. The van der Waals surface area contributed by atoms with E-state index in [9.17, 15) is 0 Å². The number of nitrogen functional groups attached to an aromatic ring is 2. The molecule has 1 rings (SSSR count). The van der Waals surface area contributed by atoms with E-state index in [2.05, 4.69) is 19.2 Å². The first kappa shape index (κ1) is 10.7. The van der Waals surface area contributed by atoms with Gasteiger partial charge >= 0.3 is 0 Å². The van der Waals surface area contributed by atoms with E-state index in [1.807, 2.05) is 18.2 Å². The van der Waals surface area contributed by atoms with Gasteiger partial charge < -0.3 is 16.8 Å². The van der Waals surface area contributed by atoms with Crippen LogP contribution in [-0.2, 0) is 0 Å². The van der Waals surface area contributed by atoms with Gasteiger partial charge in [-0.1, -0.05) is 20.3 Å². The summed E-state index contributed by atoms with van der Waals surface area (Å²) < 4.78 is 0. The van der Waals surface area contributed by atoms with Crippen molar-refractivity contribution in [2.24, 2.45) is 5.92 Å². The first-order valence-corrected chi connectivity index (χ1v) is 5.02. The summed E-state index contributed by atoms with van der Waals surface area (Å²) in [5, 5.41) is 3.33. The van der Waals surface area contributed by atoms with Gasteiger partial charge in [0.1, 0.15) is 0 Å². The molecule has 1 atom stereocenters. The number of hydrogen-bond donors (Lipinski definition) is 3. The zero-order valence-electron chi connectivity index (χ0n) is 8.88. The fraction of sp³-hybridized carbons (Fsp3) is 0.455. The third-order valence-corrected chi connectivity index (χ3v) is 2.44. The second kappa shape index (κ2) is 4.74. The van der Waals surface area contributed by atoms with E-state index in [0.29, 0.717) is 17.3 Å². The predicted molar refractivity (Wildman–Crippen MR) is 63.2 cm³/mol. The first-order valence-electron chi connectivity index (χ1n) is 5.02. The highest BCUT2D eigenvalue weighted by molar-refractivity contribution is 5.69. The van der Waals surface area contributed by atoms with Crippen LogP contribution in [0.5, 0.6) is 0 Å². The molecular weight excluding hydrogens is 174 g/mol. The molecule has 0 amide bonds. The van der Waals surface area contributed by atoms with Crippen LogP contribution < -0.4 is 16.8 Å². The monoisotopic (exact) mass is 193 g/mol. The Hall–Kier alpha value is -1.38. The van der Waals surface area contributed by atoms with Gasteiger partial charge in [0.25, 0.3) is 0 Å². The lowest BCUT2D eigenvalue weighted by Gasteiger charge is -2.12. The third-order valence-electron chi connectivity index (χ3n) is 2.44. The van der Waals surface area contributed by atoms with Crippen LogP contribution in [0, 0.1) is 5.92 Å². The normalized spacial score (nSPS) is 12.4. The highest BCUT2D eigenvalue weighted by atomic mass is 14.9. The lowest BCUT2D eigenvalue weighted by molar-refractivity contribution is 0.593. The van der Waals surface area contributed by atoms with E-state index in [-0.39, 0.29) is 0 Å². The van der Waals surface area contributed by atoms with Gasteiger partial charge in [0.05, 0.1) is 11.4 Å². The molecule has 0 bridgehead atoms. The Morgan fingerprint density at radius 3 is 2.57 bits per heavy atom. The summed E-state index contributed by atoms with van der Waals surface area (Å²) in [5.74, 6) is 0.675. The zero-order valence-corrected chi connectivity index (χ0v) is 8.88. The van der Waals surface area contributed by atoms with Gasteiger partial charge in [0.2, 0.25) is 0 Å². The predicted octanol–water partition coefficient (Wildman–Crippen LogP) is 2.31. The van der Waals surface area contributed by atoms with Crippen molar-refractivity contribution in [3.63, 3.8) is 0 Å². The second-order valence-electron chi connectivity index (χ2n) is 3.74. The molecular formula is C11H19N3. The molecule has 0 radical (unpaired) electrons. The molecule has 0 aromatic heterocycles. The summed E-state index contributed by atoms with van der Waals surface area (Å²) in [6.07, 6.45) is 1.18. The molecule has 78 valence electrons. The van der Waals surface area contributed by atoms with Crippen LogP contribution in [0.4, 0.5) is 17.1 Å². The molecule has 0 aliphatic carbocycles. The van der Waals surface area contributed by atoms with Crippen molar-refractivity contribution >= 4 is 17.1 Å². The van der Waals surface area contributed by atoms with Gasteiger partial charge in [0.15, 0.2) is 0 Å². The van der Waals surface area contributed by atoms with E-state index in [1.165, 1.54) is 6.42 Å². The number of anilines is 3. The van der Waals surface area contributed by atoms with Crippen molar-refractivity contribution in [2.75, 3.05) is 23.3 Å². The topological polar surface area (TPSA) is 64.1 Å². The summed E-state index contributed by atoms with van der Waals surface area (Å²) in [6, 6.07) is 5.65. The lowest BCUT2D eigenvalue weighted by atomic mass is 10.1. The Morgan fingerprint density at radius 2 is 2.00 bits per heavy atom. The largest absolute Gasteiger partial charge is 0.397 e. The molecule has 0 saturated heterocycles. The summed E-state index contributed by atoms with van der Waals surface area (Å²) >= 11 is 0. The molecule has 3 nitrogen and oxygen atoms in total. The summed E-state index contributed by atoms with van der Waals surface area (Å²) in [4.78, 5) is 0. The van der Waals surface area contributed by atoms with E-state index < -0.39 is 0 Å². The van der Waals surface area contributed by atoms with Crippen molar-refractivity contribution in [2.45, 2.75) is 20.3 Å². The van der Waals surface area contributed by atoms with Gasteiger partial charge in [-0.25, -0.2) is 0 Å². The van der Waals surface area contributed by atoms with E-state index in [1.54, 1.807) is 0 Å². The molecule has 0 heterocycles. The van der Waals surface area contributed by atoms with Crippen LogP contribution in [0.1, 0.15) is 20.3 Å². The fourth-order valence-electron chi connectivity index (χ4n) is 1.12. The minimum absolute atomic E-state index is 0.638. The van der Waals surface area contributed by atoms with Gasteiger partial charge in [-0.15, -0.1) is 0 Å².